The monoisotopic (exact) mass is 644 g/mol. The van der Waals surface area contributed by atoms with Crippen molar-refractivity contribution >= 4 is 23.6 Å². The van der Waals surface area contributed by atoms with Crippen molar-refractivity contribution in [2.24, 2.45) is 0 Å². The first-order chi connectivity index (χ1) is 17.4. The molecule has 5 heteroatoms. The fourth-order valence-electron chi connectivity index (χ4n) is 6.25. The first-order valence-corrected chi connectivity index (χ1v) is 16.7. The van der Waals surface area contributed by atoms with Crippen molar-refractivity contribution in [1.29, 1.82) is 0 Å². The molecule has 3 aromatic carbocycles. The van der Waals surface area contributed by atoms with E-state index in [0.717, 1.165) is 0 Å². The van der Waals surface area contributed by atoms with Gasteiger partial charge in [-0.15, -0.1) is 0 Å². The molecule has 0 N–H and O–H groups in total. The van der Waals surface area contributed by atoms with Gasteiger partial charge in [-0.2, -0.15) is 0 Å². The fraction of sp³-hybridized carbons (Fsp3) is 0.371. The number of rotatable bonds is 7. The Labute approximate surface area is 275 Å². The molecule has 40 heavy (non-hydrogen) atoms. The summed E-state index contributed by atoms with van der Waals surface area (Å²) in [5.41, 5.74) is 8.73. The molecular weight excluding hydrogens is 603 g/mol. The van der Waals surface area contributed by atoms with Crippen LogP contribution in [0.2, 0.25) is 3.34 Å². The van der Waals surface area contributed by atoms with Gasteiger partial charge in [0.2, 0.25) is 0 Å². The third-order valence-corrected chi connectivity index (χ3v) is 17.1. The van der Waals surface area contributed by atoms with Gasteiger partial charge in [-0.3, -0.25) is 0 Å². The Morgan fingerprint density at radius 3 is 1.15 bits per heavy atom. The Morgan fingerprint density at radius 2 is 0.900 bits per heavy atom. The summed E-state index contributed by atoms with van der Waals surface area (Å²) < 4.78 is -0.0715. The summed E-state index contributed by atoms with van der Waals surface area (Å²) in [5, 5.41) is 4.56. The van der Waals surface area contributed by atoms with Crippen LogP contribution >= 0.6 is 0 Å². The second-order valence-corrected chi connectivity index (χ2v) is 17.9. The van der Waals surface area contributed by atoms with Gasteiger partial charge >= 0.3 is 240 Å². The van der Waals surface area contributed by atoms with Gasteiger partial charge in [0.15, 0.2) is 0 Å². The van der Waals surface area contributed by atoms with Crippen LogP contribution in [0.25, 0.3) is 0 Å². The molecule has 212 valence electrons. The predicted octanol–water partition coefficient (Wildman–Crippen LogP) is -0.920. The molecule has 0 fully saturated rings. The van der Waals surface area contributed by atoms with Gasteiger partial charge in [-0.05, 0) is 0 Å². The molecule has 0 heterocycles. The predicted molar refractivity (Wildman–Crippen MR) is 161 cm³/mol. The molecule has 0 nitrogen and oxygen atoms in total. The molecule has 0 saturated carbocycles. The van der Waals surface area contributed by atoms with E-state index in [1.807, 2.05) is 0 Å². The minimum absolute atomic E-state index is 0. The van der Waals surface area contributed by atoms with Crippen molar-refractivity contribution < 1.29 is 57.7 Å². The van der Waals surface area contributed by atoms with Crippen molar-refractivity contribution in [3.05, 3.63) is 112 Å². The quantitative estimate of drug-likeness (QED) is 0.231. The summed E-state index contributed by atoms with van der Waals surface area (Å²) in [4.78, 5) is 0. The minimum atomic E-state index is -2.64. The van der Waals surface area contributed by atoms with Crippen LogP contribution in [0.1, 0.15) is 96.8 Å². The molecule has 0 spiro atoms. The molecule has 0 aromatic heterocycles. The number of allylic oxidation sites excluding steroid dienone is 4. The molecule has 0 radical (unpaired) electrons. The Hall–Kier alpha value is -1.06. The first kappa shape index (κ1) is 37.0. The summed E-state index contributed by atoms with van der Waals surface area (Å²) in [6, 6.07) is 28.9. The summed E-state index contributed by atoms with van der Waals surface area (Å²) in [5.74, 6) is 1.46. The fourth-order valence-corrected chi connectivity index (χ4v) is 14.6. The molecule has 0 bridgehead atoms. The summed E-state index contributed by atoms with van der Waals surface area (Å²) in [6.45, 7) is 21.0. The maximum atomic E-state index is 2.56. The van der Waals surface area contributed by atoms with Crippen molar-refractivity contribution in [2.45, 2.75) is 83.4 Å². The minimum Gasteiger partial charge on any atom is -1.00 e. The molecule has 0 aliphatic heterocycles. The van der Waals surface area contributed by atoms with Gasteiger partial charge < -0.3 is 37.2 Å². The molecule has 1 aliphatic rings. The van der Waals surface area contributed by atoms with Crippen LogP contribution in [0.5, 0.6) is 0 Å². The largest absolute Gasteiger partial charge is 1.00 e. The zero-order chi connectivity index (χ0) is 27.1. The van der Waals surface area contributed by atoms with E-state index < -0.39 is 8.07 Å². The van der Waals surface area contributed by atoms with E-state index in [-0.39, 0.29) is 40.6 Å². The van der Waals surface area contributed by atoms with Gasteiger partial charge in [0, 0.05) is 0 Å². The van der Waals surface area contributed by atoms with Crippen molar-refractivity contribution in [2.75, 3.05) is 0 Å². The topological polar surface area (TPSA) is 0 Å². The number of benzene rings is 3. The van der Waals surface area contributed by atoms with Gasteiger partial charge in [0.25, 0.3) is 0 Å². The van der Waals surface area contributed by atoms with Crippen LogP contribution in [-0.4, -0.2) is 8.07 Å². The van der Waals surface area contributed by atoms with E-state index in [1.165, 1.54) is 49.0 Å². The molecule has 1 aliphatic carbocycles. The second kappa shape index (κ2) is 14.4. The van der Waals surface area contributed by atoms with Crippen LogP contribution in [0.3, 0.4) is 0 Å². The summed E-state index contributed by atoms with van der Waals surface area (Å²) in [6.07, 6.45) is 2.46. The van der Waals surface area contributed by atoms with Crippen LogP contribution in [0.15, 0.2) is 95.6 Å². The molecule has 1 unspecified atom stereocenters. The van der Waals surface area contributed by atoms with Crippen LogP contribution in [0.4, 0.5) is 0 Å². The van der Waals surface area contributed by atoms with Crippen LogP contribution in [0, 0.1) is 0 Å². The van der Waals surface area contributed by atoms with E-state index in [2.05, 4.69) is 162 Å². The third kappa shape index (κ3) is 6.17. The smallest absolute Gasteiger partial charge is 1.00 e. The zero-order valence-corrected chi connectivity index (χ0v) is 30.2. The van der Waals surface area contributed by atoms with Gasteiger partial charge in [-0.25, -0.2) is 0 Å². The standard InChI is InChI=1S/C35H43Si.3ClH.Ti/c1-23(2)29-13-10-16-32(20-29)36(35-27(8)19-26(7)28(35)9,33-17-11-14-30(21-33)24(3)4)34-18-12-15-31(22-34)25(5)6;;;;/h10-25H,1-9H3;3*1H;/q;;;;+3/p-3. The Balaban J connectivity index is 0.00000267. The maximum absolute atomic E-state index is 2.64. The third-order valence-electron chi connectivity index (χ3n) is 8.70. The molecule has 4 rings (SSSR count). The Bertz CT molecular complexity index is 1250. The van der Waals surface area contributed by atoms with E-state index in [0.29, 0.717) is 17.8 Å². The SMILES string of the molecule is CC1=CC(C)=C(C)[C]1([Ti+3])[Si](c1cccc(C(C)C)c1)(c1cccc(C(C)C)c1)c1cccc(C(C)C)c1.[Cl-].[Cl-].[Cl-]. The van der Waals surface area contributed by atoms with Gasteiger partial charge in [0.1, 0.15) is 0 Å². The van der Waals surface area contributed by atoms with E-state index >= 15 is 0 Å². The summed E-state index contributed by atoms with van der Waals surface area (Å²) >= 11 is 2.56. The number of hydrogen-bond acceptors (Lipinski definition) is 0. The molecule has 0 amide bonds. The number of halogens is 3. The van der Waals surface area contributed by atoms with Crippen LogP contribution in [-0.2, 0) is 20.4 Å². The Morgan fingerprint density at radius 1 is 0.575 bits per heavy atom. The van der Waals surface area contributed by atoms with E-state index in [4.69, 9.17) is 0 Å². The van der Waals surface area contributed by atoms with Gasteiger partial charge in [0.05, 0.1) is 0 Å². The van der Waals surface area contributed by atoms with Crippen LogP contribution < -0.4 is 52.8 Å². The van der Waals surface area contributed by atoms with Crippen molar-refractivity contribution in [1.82, 2.24) is 0 Å². The summed E-state index contributed by atoms with van der Waals surface area (Å²) in [7, 11) is -2.64. The average molecular weight is 646 g/mol. The second-order valence-electron chi connectivity index (χ2n) is 12.0. The molecule has 0 saturated heterocycles. The zero-order valence-electron chi connectivity index (χ0n) is 25.4. The Kier molecular flexibility index (Phi) is 13.3. The van der Waals surface area contributed by atoms with Gasteiger partial charge in [-0.1, -0.05) is 0 Å². The molecule has 3 aromatic rings. The maximum Gasteiger partial charge on any atom is -1.00 e. The molecular formula is C35H43Cl3SiTi. The van der Waals surface area contributed by atoms with E-state index in [1.54, 1.807) is 0 Å². The average Bonchev–Trinajstić information content (AvgIpc) is 3.07. The van der Waals surface area contributed by atoms with Crippen molar-refractivity contribution in [3.63, 3.8) is 0 Å². The van der Waals surface area contributed by atoms with E-state index in [9.17, 15) is 0 Å². The number of hydrogen-bond donors (Lipinski definition) is 0. The van der Waals surface area contributed by atoms with Crippen molar-refractivity contribution in [3.8, 4) is 0 Å². The first-order valence-electron chi connectivity index (χ1n) is 13.9. The molecule has 1 atom stereocenters. The normalized spacial score (nSPS) is 17.0.